The van der Waals surface area contributed by atoms with Gasteiger partial charge < -0.3 is 15.5 Å². The number of carbonyl (C=O) groups is 2. The summed E-state index contributed by atoms with van der Waals surface area (Å²) < 4.78 is 0. The van der Waals surface area contributed by atoms with Gasteiger partial charge in [-0.15, -0.1) is 0 Å². The maximum absolute atomic E-state index is 13.3. The van der Waals surface area contributed by atoms with Crippen molar-refractivity contribution in [1.29, 1.82) is 0 Å². The average Bonchev–Trinajstić information content (AvgIpc) is 3.10. The van der Waals surface area contributed by atoms with Crippen LogP contribution in [0.2, 0.25) is 0 Å². The highest BCUT2D eigenvalue weighted by atomic mass is 16.7. The lowest BCUT2D eigenvalue weighted by Gasteiger charge is -2.50. The van der Waals surface area contributed by atoms with Gasteiger partial charge in [-0.1, -0.05) is 6.92 Å². The average molecular weight is 407 g/mol. The van der Waals surface area contributed by atoms with Crippen LogP contribution in [0, 0.1) is 29.6 Å². The highest BCUT2D eigenvalue weighted by Crippen LogP contribution is 2.44. The Bertz CT molecular complexity index is 629. The van der Waals surface area contributed by atoms with Crippen LogP contribution in [0.3, 0.4) is 0 Å². The largest absolute Gasteiger partial charge is 0.342 e. The molecule has 3 aliphatic heterocycles. The van der Waals surface area contributed by atoms with Gasteiger partial charge in [-0.3, -0.25) is 14.4 Å². The van der Waals surface area contributed by atoms with Crippen molar-refractivity contribution >= 4 is 11.8 Å². The quantitative estimate of drug-likeness (QED) is 0.664. The van der Waals surface area contributed by atoms with Gasteiger partial charge in [-0.25, -0.2) is 0 Å². The zero-order valence-electron chi connectivity index (χ0n) is 18.3. The molecule has 0 bridgehead atoms. The van der Waals surface area contributed by atoms with E-state index in [9.17, 15) is 9.59 Å². The first-order valence-corrected chi connectivity index (χ1v) is 11.5. The number of hydrogen-bond donors (Lipinski definition) is 3. The molecular weight excluding hydrogens is 368 g/mol. The highest BCUT2D eigenvalue weighted by molar-refractivity contribution is 5.81. The summed E-state index contributed by atoms with van der Waals surface area (Å²) >= 11 is 0. The Kier molecular flexibility index (Phi) is 6.19. The molecule has 29 heavy (non-hydrogen) atoms. The zero-order valence-corrected chi connectivity index (χ0v) is 18.3. The molecule has 2 amide bonds. The molecule has 4 aliphatic rings. The van der Waals surface area contributed by atoms with Crippen LogP contribution in [0.25, 0.3) is 0 Å². The number of fused-ring (bicyclic) bond motifs is 1. The normalized spacial score (nSPS) is 45.7. The maximum atomic E-state index is 13.3. The number of amides is 2. The first-order chi connectivity index (χ1) is 13.8. The summed E-state index contributed by atoms with van der Waals surface area (Å²) in [5.41, 5.74) is 2.91. The monoisotopic (exact) mass is 406 g/mol. The standard InChI is InChI=1S/C22H38N4O3/c1-12-5-6-15(21(27)24-20-8-14(3)29-25-20)9-17(12)18-10-16-11-23-13(2)7-19(16)26(4)22(18)28/h12-20,23,25H,5-11H2,1-4H3,(H,24,27). The molecule has 3 N–H and O–H groups in total. The van der Waals surface area contributed by atoms with E-state index in [1.807, 2.05) is 18.9 Å². The van der Waals surface area contributed by atoms with Crippen LogP contribution in [0.1, 0.15) is 59.3 Å². The number of carbonyl (C=O) groups excluding carboxylic acids is 2. The summed E-state index contributed by atoms with van der Waals surface area (Å²) in [6.07, 6.45) is 5.56. The number of likely N-dealkylation sites (tertiary alicyclic amines) is 1. The molecule has 9 unspecified atom stereocenters. The van der Waals surface area contributed by atoms with E-state index < -0.39 is 0 Å². The second-order valence-corrected chi connectivity index (χ2v) is 10.2. The maximum Gasteiger partial charge on any atom is 0.225 e. The Morgan fingerprint density at radius 2 is 1.93 bits per heavy atom. The van der Waals surface area contributed by atoms with E-state index in [1.54, 1.807) is 0 Å². The summed E-state index contributed by atoms with van der Waals surface area (Å²) in [4.78, 5) is 33.6. The van der Waals surface area contributed by atoms with Gasteiger partial charge in [0.05, 0.1) is 6.10 Å². The molecule has 7 heteroatoms. The molecule has 9 atom stereocenters. The second-order valence-electron chi connectivity index (χ2n) is 10.2. The molecular formula is C22H38N4O3. The summed E-state index contributed by atoms with van der Waals surface area (Å²) in [6, 6.07) is 0.837. The van der Waals surface area contributed by atoms with Crippen LogP contribution in [0.15, 0.2) is 0 Å². The van der Waals surface area contributed by atoms with Gasteiger partial charge in [0.25, 0.3) is 0 Å². The minimum atomic E-state index is -0.103. The predicted octanol–water partition coefficient (Wildman–Crippen LogP) is 1.64. The lowest BCUT2D eigenvalue weighted by molar-refractivity contribution is -0.149. The van der Waals surface area contributed by atoms with Crippen LogP contribution in [0.4, 0.5) is 0 Å². The van der Waals surface area contributed by atoms with Crippen LogP contribution >= 0.6 is 0 Å². The summed E-state index contributed by atoms with van der Waals surface area (Å²) in [5, 5.41) is 6.71. The summed E-state index contributed by atoms with van der Waals surface area (Å²) in [6.45, 7) is 7.47. The van der Waals surface area contributed by atoms with Crippen molar-refractivity contribution in [2.45, 2.75) is 83.6 Å². The Morgan fingerprint density at radius 1 is 1.14 bits per heavy atom. The molecule has 3 heterocycles. The third kappa shape index (κ3) is 4.32. The third-order valence-electron chi connectivity index (χ3n) is 8.03. The van der Waals surface area contributed by atoms with Crippen molar-refractivity contribution < 1.29 is 14.4 Å². The minimum Gasteiger partial charge on any atom is -0.342 e. The van der Waals surface area contributed by atoms with Crippen LogP contribution in [-0.4, -0.2) is 54.7 Å². The molecule has 0 aromatic rings. The Hall–Kier alpha value is -1.18. The molecule has 164 valence electrons. The van der Waals surface area contributed by atoms with Gasteiger partial charge >= 0.3 is 0 Å². The van der Waals surface area contributed by atoms with Crippen molar-refractivity contribution in [3.05, 3.63) is 0 Å². The van der Waals surface area contributed by atoms with Crippen molar-refractivity contribution in [1.82, 2.24) is 21.0 Å². The Labute approximate surface area is 174 Å². The van der Waals surface area contributed by atoms with E-state index in [0.717, 1.165) is 45.1 Å². The Morgan fingerprint density at radius 3 is 2.66 bits per heavy atom. The van der Waals surface area contributed by atoms with Gasteiger partial charge in [0.15, 0.2) is 0 Å². The van der Waals surface area contributed by atoms with E-state index in [-0.39, 0.29) is 30.0 Å². The highest BCUT2D eigenvalue weighted by Gasteiger charge is 2.47. The Balaban J connectivity index is 1.41. The van der Waals surface area contributed by atoms with E-state index in [2.05, 4.69) is 30.0 Å². The fourth-order valence-corrected chi connectivity index (χ4v) is 6.21. The SMILES string of the molecule is CC1CC2C(CN1)CC(C1CC(C(=O)NC3CC(C)ON3)CCC1C)C(=O)N2C. The molecule has 4 rings (SSSR count). The van der Waals surface area contributed by atoms with Crippen molar-refractivity contribution in [3.8, 4) is 0 Å². The van der Waals surface area contributed by atoms with Crippen molar-refractivity contribution in [2.24, 2.45) is 29.6 Å². The van der Waals surface area contributed by atoms with Gasteiger partial charge in [0.2, 0.25) is 11.8 Å². The molecule has 1 aliphatic carbocycles. The molecule has 0 radical (unpaired) electrons. The lowest BCUT2D eigenvalue weighted by Crippen LogP contribution is -2.60. The third-order valence-corrected chi connectivity index (χ3v) is 8.03. The number of piperidine rings is 2. The number of hydrogen-bond acceptors (Lipinski definition) is 5. The zero-order chi connectivity index (χ0) is 20.7. The fraction of sp³-hybridized carbons (Fsp3) is 0.909. The molecule has 3 saturated heterocycles. The van der Waals surface area contributed by atoms with Crippen molar-refractivity contribution in [2.75, 3.05) is 13.6 Å². The molecule has 7 nitrogen and oxygen atoms in total. The van der Waals surface area contributed by atoms with E-state index in [1.165, 1.54) is 0 Å². The topological polar surface area (TPSA) is 82.7 Å². The smallest absolute Gasteiger partial charge is 0.225 e. The fourth-order valence-electron chi connectivity index (χ4n) is 6.21. The summed E-state index contributed by atoms with van der Waals surface area (Å²) in [7, 11) is 1.99. The second kappa shape index (κ2) is 8.52. The number of hydroxylamine groups is 1. The number of nitrogens with one attached hydrogen (secondary N) is 3. The van der Waals surface area contributed by atoms with Gasteiger partial charge in [0.1, 0.15) is 6.17 Å². The van der Waals surface area contributed by atoms with E-state index in [4.69, 9.17) is 4.84 Å². The van der Waals surface area contributed by atoms with E-state index >= 15 is 0 Å². The predicted molar refractivity (Wildman–Crippen MR) is 110 cm³/mol. The lowest BCUT2D eigenvalue weighted by atomic mass is 9.64. The van der Waals surface area contributed by atoms with Gasteiger partial charge in [-0.05, 0) is 63.7 Å². The van der Waals surface area contributed by atoms with Crippen LogP contribution in [-0.2, 0) is 14.4 Å². The molecule has 0 spiro atoms. The van der Waals surface area contributed by atoms with Crippen molar-refractivity contribution in [3.63, 3.8) is 0 Å². The molecule has 0 aromatic carbocycles. The molecule has 0 aromatic heterocycles. The molecule has 4 fully saturated rings. The number of nitrogens with zero attached hydrogens (tertiary/aromatic N) is 1. The first-order valence-electron chi connectivity index (χ1n) is 11.5. The first kappa shape index (κ1) is 21.1. The van der Waals surface area contributed by atoms with E-state index in [0.29, 0.717) is 35.7 Å². The van der Waals surface area contributed by atoms with Crippen LogP contribution in [0.5, 0.6) is 0 Å². The van der Waals surface area contributed by atoms with Gasteiger partial charge in [0, 0.05) is 43.9 Å². The number of rotatable bonds is 3. The molecule has 1 saturated carbocycles. The van der Waals surface area contributed by atoms with Gasteiger partial charge in [-0.2, -0.15) is 5.48 Å². The van der Waals surface area contributed by atoms with Crippen LogP contribution < -0.4 is 16.1 Å². The summed E-state index contributed by atoms with van der Waals surface area (Å²) in [5.74, 6) is 1.77. The minimum absolute atomic E-state index is 0.00533.